The highest BCUT2D eigenvalue weighted by Gasteiger charge is 2.21. The standard InChI is InChI=1S/C19H16ClN3OS2/c20-15-7-3-1-5-12(15)9-10-17(24)22-19(25)23-18-14(11-21)13-6-2-4-8-16(13)26-18/h1,3,5,7,9-10H,2,4,6,8H2,(H2,22,23,24,25)/b10-9+. The molecule has 2 aromatic rings. The van der Waals surface area contributed by atoms with Crippen LogP contribution in [0.5, 0.6) is 0 Å². The molecule has 0 unspecified atom stereocenters. The van der Waals surface area contributed by atoms with E-state index in [-0.39, 0.29) is 11.0 Å². The molecular weight excluding hydrogens is 386 g/mol. The van der Waals surface area contributed by atoms with Crippen molar-refractivity contribution in [2.24, 2.45) is 0 Å². The van der Waals surface area contributed by atoms with E-state index in [1.807, 2.05) is 18.2 Å². The minimum atomic E-state index is -0.359. The molecule has 0 radical (unpaired) electrons. The van der Waals surface area contributed by atoms with Crippen LogP contribution in [0.25, 0.3) is 6.08 Å². The Morgan fingerprint density at radius 1 is 1.31 bits per heavy atom. The maximum Gasteiger partial charge on any atom is 0.250 e. The van der Waals surface area contributed by atoms with Crippen molar-refractivity contribution in [3.63, 3.8) is 0 Å². The molecule has 0 aliphatic heterocycles. The number of thiophene rings is 1. The summed E-state index contributed by atoms with van der Waals surface area (Å²) in [5.41, 5.74) is 2.52. The lowest BCUT2D eigenvalue weighted by atomic mass is 9.96. The van der Waals surface area contributed by atoms with Crippen molar-refractivity contribution in [3.8, 4) is 6.07 Å². The third kappa shape index (κ3) is 4.31. The first-order chi connectivity index (χ1) is 12.6. The Morgan fingerprint density at radius 2 is 2.08 bits per heavy atom. The summed E-state index contributed by atoms with van der Waals surface area (Å²) in [6, 6.07) is 9.51. The maximum atomic E-state index is 12.0. The molecule has 0 saturated carbocycles. The minimum Gasteiger partial charge on any atom is -0.323 e. The highest BCUT2D eigenvalue weighted by molar-refractivity contribution is 7.80. The predicted molar refractivity (Wildman–Crippen MR) is 111 cm³/mol. The van der Waals surface area contributed by atoms with Crippen LogP contribution >= 0.6 is 35.2 Å². The Balaban J connectivity index is 1.64. The number of hydrogen-bond donors (Lipinski definition) is 2. The molecule has 26 heavy (non-hydrogen) atoms. The maximum absolute atomic E-state index is 12.0. The topological polar surface area (TPSA) is 64.9 Å². The van der Waals surface area contributed by atoms with Gasteiger partial charge in [0, 0.05) is 16.0 Å². The first-order valence-electron chi connectivity index (χ1n) is 8.17. The summed E-state index contributed by atoms with van der Waals surface area (Å²) in [5.74, 6) is -0.359. The van der Waals surface area contributed by atoms with E-state index >= 15 is 0 Å². The Bertz CT molecular complexity index is 927. The summed E-state index contributed by atoms with van der Waals surface area (Å²) < 4.78 is 0. The molecule has 1 heterocycles. The average molecular weight is 402 g/mol. The van der Waals surface area contributed by atoms with Gasteiger partial charge in [0.05, 0.1) is 5.56 Å². The van der Waals surface area contributed by atoms with E-state index in [9.17, 15) is 10.1 Å². The van der Waals surface area contributed by atoms with Crippen LogP contribution in [0, 0.1) is 11.3 Å². The number of benzene rings is 1. The molecule has 0 fully saturated rings. The number of carbonyl (C=O) groups excluding carboxylic acids is 1. The lowest BCUT2D eigenvalue weighted by molar-refractivity contribution is -0.115. The highest BCUT2D eigenvalue weighted by Crippen LogP contribution is 2.37. The normalized spacial score (nSPS) is 13.1. The lowest BCUT2D eigenvalue weighted by Gasteiger charge is -2.09. The van der Waals surface area contributed by atoms with Gasteiger partial charge >= 0.3 is 0 Å². The molecule has 132 valence electrons. The molecule has 1 aromatic heterocycles. The largest absolute Gasteiger partial charge is 0.323 e. The van der Waals surface area contributed by atoms with Crippen LogP contribution in [0.3, 0.4) is 0 Å². The van der Waals surface area contributed by atoms with Crippen LogP contribution in [0.1, 0.15) is 34.4 Å². The van der Waals surface area contributed by atoms with Crippen molar-refractivity contribution in [2.45, 2.75) is 25.7 Å². The fraction of sp³-hybridized carbons (Fsp3) is 0.211. The summed E-state index contributed by atoms with van der Waals surface area (Å²) in [6.45, 7) is 0. The molecule has 0 spiro atoms. The molecule has 2 N–H and O–H groups in total. The number of amides is 1. The number of thiocarbonyl (C=S) groups is 1. The molecule has 1 aliphatic carbocycles. The Kier molecular flexibility index (Phi) is 6.04. The SMILES string of the molecule is N#Cc1c(NC(=S)NC(=O)/C=C/c2ccccc2Cl)sc2c1CCCC2. The third-order valence-electron chi connectivity index (χ3n) is 4.07. The molecule has 7 heteroatoms. The van der Waals surface area contributed by atoms with Gasteiger partial charge in [0.15, 0.2) is 5.11 Å². The van der Waals surface area contributed by atoms with E-state index in [1.165, 1.54) is 11.0 Å². The second-order valence-electron chi connectivity index (χ2n) is 5.83. The van der Waals surface area contributed by atoms with Gasteiger partial charge < -0.3 is 5.32 Å². The van der Waals surface area contributed by atoms with E-state index < -0.39 is 0 Å². The van der Waals surface area contributed by atoms with Crippen molar-refractivity contribution in [2.75, 3.05) is 5.32 Å². The van der Waals surface area contributed by atoms with Gasteiger partial charge in [-0.25, -0.2) is 0 Å². The van der Waals surface area contributed by atoms with Gasteiger partial charge in [-0.15, -0.1) is 11.3 Å². The van der Waals surface area contributed by atoms with Crippen molar-refractivity contribution in [1.29, 1.82) is 5.26 Å². The number of nitrogens with one attached hydrogen (secondary N) is 2. The van der Waals surface area contributed by atoms with Crippen molar-refractivity contribution in [3.05, 3.63) is 56.9 Å². The van der Waals surface area contributed by atoms with Crippen molar-refractivity contribution >= 4 is 57.3 Å². The number of carbonyl (C=O) groups is 1. The third-order valence-corrected chi connectivity index (χ3v) is 5.82. The summed E-state index contributed by atoms with van der Waals surface area (Å²) in [4.78, 5) is 13.3. The summed E-state index contributed by atoms with van der Waals surface area (Å²) in [5, 5.41) is 16.5. The van der Waals surface area contributed by atoms with Gasteiger partial charge in [0.25, 0.3) is 0 Å². The number of fused-ring (bicyclic) bond motifs is 1. The number of halogens is 1. The molecule has 1 aromatic carbocycles. The minimum absolute atomic E-state index is 0.175. The number of anilines is 1. The monoisotopic (exact) mass is 401 g/mol. The Morgan fingerprint density at radius 3 is 2.85 bits per heavy atom. The Labute approximate surface area is 166 Å². The van der Waals surface area contributed by atoms with Gasteiger partial charge in [0.1, 0.15) is 11.1 Å². The smallest absolute Gasteiger partial charge is 0.250 e. The highest BCUT2D eigenvalue weighted by atomic mass is 35.5. The van der Waals surface area contributed by atoms with Crippen LogP contribution in [-0.2, 0) is 17.6 Å². The molecule has 0 saturated heterocycles. The molecule has 1 aliphatic rings. The average Bonchev–Trinajstić information content (AvgIpc) is 2.97. The zero-order valence-electron chi connectivity index (χ0n) is 13.8. The van der Waals surface area contributed by atoms with Gasteiger partial charge in [-0.3, -0.25) is 10.1 Å². The number of hydrogen-bond acceptors (Lipinski definition) is 4. The molecule has 4 nitrogen and oxygen atoms in total. The van der Waals surface area contributed by atoms with Crippen LogP contribution in [0.2, 0.25) is 5.02 Å². The molecule has 0 atom stereocenters. The summed E-state index contributed by atoms with van der Waals surface area (Å²) in [7, 11) is 0. The van der Waals surface area contributed by atoms with Gasteiger partial charge in [-0.05, 0) is 61.2 Å². The van der Waals surface area contributed by atoms with Crippen LogP contribution in [-0.4, -0.2) is 11.0 Å². The van der Waals surface area contributed by atoms with Crippen LogP contribution < -0.4 is 10.6 Å². The summed E-state index contributed by atoms with van der Waals surface area (Å²) >= 11 is 12.8. The fourth-order valence-electron chi connectivity index (χ4n) is 2.84. The zero-order valence-corrected chi connectivity index (χ0v) is 16.2. The first-order valence-corrected chi connectivity index (χ1v) is 9.78. The molecular formula is C19H16ClN3OS2. The predicted octanol–water partition coefficient (Wildman–Crippen LogP) is 4.68. The van der Waals surface area contributed by atoms with E-state index in [1.54, 1.807) is 23.5 Å². The molecule has 3 rings (SSSR count). The van der Waals surface area contributed by atoms with E-state index in [2.05, 4.69) is 16.7 Å². The van der Waals surface area contributed by atoms with Crippen molar-refractivity contribution < 1.29 is 4.79 Å². The van der Waals surface area contributed by atoms with Crippen molar-refractivity contribution in [1.82, 2.24) is 5.32 Å². The van der Waals surface area contributed by atoms with Crippen LogP contribution in [0.4, 0.5) is 5.00 Å². The first kappa shape index (κ1) is 18.6. The van der Waals surface area contributed by atoms with E-state index in [4.69, 9.17) is 23.8 Å². The fourth-order valence-corrected chi connectivity index (χ4v) is 4.55. The van der Waals surface area contributed by atoms with E-state index in [0.29, 0.717) is 15.6 Å². The quantitative estimate of drug-likeness (QED) is 0.579. The number of nitrogens with zero attached hydrogens (tertiary/aromatic N) is 1. The summed E-state index contributed by atoms with van der Waals surface area (Å²) in [6.07, 6.45) is 7.18. The second kappa shape index (κ2) is 8.45. The number of nitriles is 1. The van der Waals surface area contributed by atoms with Gasteiger partial charge in [-0.2, -0.15) is 5.26 Å². The number of rotatable bonds is 3. The zero-order chi connectivity index (χ0) is 18.5. The van der Waals surface area contributed by atoms with Crippen LogP contribution in [0.15, 0.2) is 30.3 Å². The number of aryl methyl sites for hydroxylation is 1. The van der Waals surface area contributed by atoms with Gasteiger partial charge in [0.2, 0.25) is 5.91 Å². The van der Waals surface area contributed by atoms with Gasteiger partial charge in [-0.1, -0.05) is 29.8 Å². The lowest BCUT2D eigenvalue weighted by Crippen LogP contribution is -2.32. The van der Waals surface area contributed by atoms with E-state index in [0.717, 1.165) is 36.8 Å². The molecule has 0 bridgehead atoms. The molecule has 1 amide bonds. The Hall–Kier alpha value is -2.20. The second-order valence-corrected chi connectivity index (χ2v) is 7.75.